The molecule has 2 N–H and O–H groups in total. The molecule has 110 valence electrons. The summed E-state index contributed by atoms with van der Waals surface area (Å²) in [5.74, 6) is 0.629. The van der Waals surface area contributed by atoms with E-state index in [4.69, 9.17) is 4.74 Å². The van der Waals surface area contributed by atoms with Gasteiger partial charge in [0.1, 0.15) is 11.4 Å². The molecule has 0 atom stereocenters. The number of carbonyl (C=O) groups excluding carboxylic acids is 2. The number of ether oxygens (including phenoxy) is 1. The number of aromatic amines is 1. The van der Waals surface area contributed by atoms with E-state index in [0.717, 1.165) is 16.7 Å². The molecule has 0 saturated carbocycles. The summed E-state index contributed by atoms with van der Waals surface area (Å²) in [5, 5.41) is 3.87. The van der Waals surface area contributed by atoms with E-state index in [1.807, 2.05) is 24.3 Å². The number of nitrogens with zero attached hydrogens (tertiary/aromatic N) is 1. The highest BCUT2D eigenvalue weighted by Gasteiger charge is 2.30. The molecule has 1 aliphatic heterocycles. The van der Waals surface area contributed by atoms with Crippen molar-refractivity contribution in [3.63, 3.8) is 0 Å². The number of benzene rings is 1. The van der Waals surface area contributed by atoms with Gasteiger partial charge in [0.2, 0.25) is 5.91 Å². The highest BCUT2D eigenvalue weighted by atomic mass is 16.5. The lowest BCUT2D eigenvalue weighted by Gasteiger charge is -2.38. The summed E-state index contributed by atoms with van der Waals surface area (Å²) in [6, 6.07) is 7.46. The van der Waals surface area contributed by atoms with Gasteiger partial charge in [-0.1, -0.05) is 0 Å². The van der Waals surface area contributed by atoms with Gasteiger partial charge in [0.25, 0.3) is 5.91 Å². The zero-order valence-electron chi connectivity index (χ0n) is 12.0. The Labute approximate surface area is 122 Å². The molecule has 6 heteroatoms. The van der Waals surface area contributed by atoms with Crippen molar-refractivity contribution in [1.82, 2.24) is 15.2 Å². The maximum atomic E-state index is 12.2. The van der Waals surface area contributed by atoms with Crippen molar-refractivity contribution in [3.8, 4) is 5.75 Å². The molecule has 6 nitrogen and oxygen atoms in total. The first-order valence-corrected chi connectivity index (χ1v) is 6.80. The highest BCUT2D eigenvalue weighted by molar-refractivity contribution is 5.98. The summed E-state index contributed by atoms with van der Waals surface area (Å²) in [7, 11) is 1.61. The predicted molar refractivity (Wildman–Crippen MR) is 78.4 cm³/mol. The van der Waals surface area contributed by atoms with Crippen LogP contribution in [0.5, 0.6) is 5.75 Å². The molecule has 0 aliphatic carbocycles. The molecule has 1 aliphatic rings. The SMILES string of the molecule is COc1ccc2cc(C(=O)NC3CN(C(C)=O)C3)[nH]c2c1. The zero-order chi connectivity index (χ0) is 15.0. The number of aromatic nitrogens is 1. The largest absolute Gasteiger partial charge is 0.497 e. The lowest BCUT2D eigenvalue weighted by Crippen LogP contribution is -2.60. The van der Waals surface area contributed by atoms with Crippen LogP contribution >= 0.6 is 0 Å². The summed E-state index contributed by atoms with van der Waals surface area (Å²) in [6.07, 6.45) is 0. The van der Waals surface area contributed by atoms with Crippen molar-refractivity contribution in [2.45, 2.75) is 13.0 Å². The van der Waals surface area contributed by atoms with E-state index in [-0.39, 0.29) is 17.9 Å². The fourth-order valence-corrected chi connectivity index (χ4v) is 2.45. The van der Waals surface area contributed by atoms with Gasteiger partial charge in [-0.15, -0.1) is 0 Å². The number of fused-ring (bicyclic) bond motifs is 1. The minimum absolute atomic E-state index is 0.0300. The topological polar surface area (TPSA) is 74.4 Å². The minimum Gasteiger partial charge on any atom is -0.497 e. The number of likely N-dealkylation sites (tertiary alicyclic amines) is 1. The standard InChI is InChI=1S/C15H17N3O3/c1-9(19)18-7-11(8-18)16-15(20)14-5-10-3-4-12(21-2)6-13(10)17-14/h3-6,11,17H,7-8H2,1-2H3,(H,16,20). The predicted octanol–water partition coefficient (Wildman–Crippen LogP) is 1.14. The molecular formula is C15H17N3O3. The first-order chi connectivity index (χ1) is 10.1. The Kier molecular flexibility index (Phi) is 3.29. The van der Waals surface area contributed by atoms with E-state index < -0.39 is 0 Å². The van der Waals surface area contributed by atoms with Crippen LogP contribution in [0.15, 0.2) is 24.3 Å². The van der Waals surface area contributed by atoms with Gasteiger partial charge in [0, 0.05) is 37.0 Å². The molecule has 2 aromatic rings. The van der Waals surface area contributed by atoms with E-state index in [0.29, 0.717) is 18.8 Å². The van der Waals surface area contributed by atoms with Gasteiger partial charge < -0.3 is 19.9 Å². The average molecular weight is 287 g/mol. The Balaban J connectivity index is 1.69. The molecule has 0 bridgehead atoms. The van der Waals surface area contributed by atoms with Crippen molar-refractivity contribution in [3.05, 3.63) is 30.0 Å². The van der Waals surface area contributed by atoms with E-state index >= 15 is 0 Å². The number of hydrogen-bond donors (Lipinski definition) is 2. The van der Waals surface area contributed by atoms with Crippen LogP contribution in [-0.4, -0.2) is 47.9 Å². The van der Waals surface area contributed by atoms with E-state index in [9.17, 15) is 9.59 Å². The second kappa shape index (κ2) is 5.12. The third-order valence-corrected chi connectivity index (χ3v) is 3.74. The number of carbonyl (C=O) groups is 2. The molecule has 1 fully saturated rings. The summed E-state index contributed by atoms with van der Waals surface area (Å²) in [4.78, 5) is 28.1. The van der Waals surface area contributed by atoms with Gasteiger partial charge in [-0.25, -0.2) is 0 Å². The van der Waals surface area contributed by atoms with Crippen LogP contribution in [0.4, 0.5) is 0 Å². The summed E-state index contributed by atoms with van der Waals surface area (Å²) >= 11 is 0. The molecule has 2 amide bonds. The third kappa shape index (κ3) is 2.56. The molecule has 0 unspecified atom stereocenters. The van der Waals surface area contributed by atoms with Crippen LogP contribution in [0.25, 0.3) is 10.9 Å². The Morgan fingerprint density at radius 2 is 2.10 bits per heavy atom. The molecule has 21 heavy (non-hydrogen) atoms. The van der Waals surface area contributed by atoms with Crippen molar-refractivity contribution in [1.29, 1.82) is 0 Å². The first-order valence-electron chi connectivity index (χ1n) is 6.80. The second-order valence-electron chi connectivity index (χ2n) is 5.23. The second-order valence-corrected chi connectivity index (χ2v) is 5.23. The Morgan fingerprint density at radius 1 is 1.33 bits per heavy atom. The van der Waals surface area contributed by atoms with Gasteiger partial charge in [0.05, 0.1) is 13.2 Å². The third-order valence-electron chi connectivity index (χ3n) is 3.74. The van der Waals surface area contributed by atoms with Gasteiger partial charge in [-0.2, -0.15) is 0 Å². The number of H-pyrrole nitrogens is 1. The number of hydrogen-bond acceptors (Lipinski definition) is 3. The average Bonchev–Trinajstić information content (AvgIpc) is 2.84. The summed E-state index contributed by atoms with van der Waals surface area (Å²) < 4.78 is 5.16. The number of nitrogens with one attached hydrogen (secondary N) is 2. The quantitative estimate of drug-likeness (QED) is 0.889. The fraction of sp³-hybridized carbons (Fsp3) is 0.333. The Morgan fingerprint density at radius 3 is 2.76 bits per heavy atom. The van der Waals surface area contributed by atoms with E-state index in [1.54, 1.807) is 12.0 Å². The smallest absolute Gasteiger partial charge is 0.268 e. The molecule has 3 rings (SSSR count). The summed E-state index contributed by atoms with van der Waals surface area (Å²) in [6.45, 7) is 2.69. The monoisotopic (exact) mass is 287 g/mol. The maximum absolute atomic E-state index is 12.2. The summed E-state index contributed by atoms with van der Waals surface area (Å²) in [5.41, 5.74) is 1.37. The van der Waals surface area contributed by atoms with Crippen molar-refractivity contribution in [2.75, 3.05) is 20.2 Å². The normalized spacial score (nSPS) is 14.9. The van der Waals surface area contributed by atoms with E-state index in [1.165, 1.54) is 6.92 Å². The van der Waals surface area contributed by atoms with Gasteiger partial charge in [-0.3, -0.25) is 9.59 Å². The maximum Gasteiger partial charge on any atom is 0.268 e. The number of rotatable bonds is 3. The van der Waals surface area contributed by atoms with E-state index in [2.05, 4.69) is 10.3 Å². The Bertz CT molecular complexity index is 701. The van der Waals surface area contributed by atoms with Crippen LogP contribution in [0, 0.1) is 0 Å². The molecule has 1 aromatic heterocycles. The molecule has 1 aromatic carbocycles. The fourth-order valence-electron chi connectivity index (χ4n) is 2.45. The van der Waals surface area contributed by atoms with Gasteiger partial charge in [0.15, 0.2) is 0 Å². The highest BCUT2D eigenvalue weighted by Crippen LogP contribution is 2.21. The molecule has 2 heterocycles. The van der Waals surface area contributed by atoms with Gasteiger partial charge in [-0.05, 0) is 18.2 Å². The Hall–Kier alpha value is -2.50. The molecular weight excluding hydrogens is 270 g/mol. The molecule has 0 spiro atoms. The lowest BCUT2D eigenvalue weighted by molar-refractivity contribution is -0.133. The zero-order valence-corrected chi connectivity index (χ0v) is 12.0. The van der Waals surface area contributed by atoms with Crippen molar-refractivity contribution in [2.24, 2.45) is 0 Å². The molecule has 1 saturated heterocycles. The first kappa shape index (κ1) is 13.5. The van der Waals surface area contributed by atoms with Crippen LogP contribution in [-0.2, 0) is 4.79 Å². The number of amides is 2. The van der Waals surface area contributed by atoms with Crippen LogP contribution < -0.4 is 10.1 Å². The lowest BCUT2D eigenvalue weighted by atomic mass is 10.1. The van der Waals surface area contributed by atoms with Crippen molar-refractivity contribution < 1.29 is 14.3 Å². The number of methoxy groups -OCH3 is 1. The van der Waals surface area contributed by atoms with Crippen molar-refractivity contribution >= 4 is 22.7 Å². The van der Waals surface area contributed by atoms with Crippen LogP contribution in [0.3, 0.4) is 0 Å². The van der Waals surface area contributed by atoms with Crippen LogP contribution in [0.2, 0.25) is 0 Å². The van der Waals surface area contributed by atoms with Gasteiger partial charge >= 0.3 is 0 Å². The minimum atomic E-state index is -0.154. The van der Waals surface area contributed by atoms with Crippen LogP contribution in [0.1, 0.15) is 17.4 Å². The molecule has 0 radical (unpaired) electrons.